The van der Waals surface area contributed by atoms with Crippen molar-refractivity contribution in [1.82, 2.24) is 15.2 Å². The molecule has 3 aromatic rings. The van der Waals surface area contributed by atoms with Gasteiger partial charge >= 0.3 is 0 Å². The third-order valence-corrected chi connectivity index (χ3v) is 4.84. The van der Waals surface area contributed by atoms with Gasteiger partial charge in [-0.15, -0.1) is 0 Å². The molecule has 1 N–H and O–H groups in total. The van der Waals surface area contributed by atoms with Crippen LogP contribution in [0.1, 0.15) is 23.5 Å². The Morgan fingerprint density at radius 2 is 2.10 bits per heavy atom. The molecule has 0 aliphatic carbocycles. The molecule has 0 bridgehead atoms. The van der Waals surface area contributed by atoms with Crippen LogP contribution in [0.15, 0.2) is 39.4 Å². The molecule has 29 heavy (non-hydrogen) atoms. The number of methoxy groups -OCH3 is 2. The smallest absolute Gasteiger partial charge is 0.254 e. The summed E-state index contributed by atoms with van der Waals surface area (Å²) in [6.45, 7) is 1.04. The summed E-state index contributed by atoms with van der Waals surface area (Å²) in [7, 11) is 3.14. The molecule has 9 nitrogen and oxygen atoms in total. The van der Waals surface area contributed by atoms with Crippen molar-refractivity contribution in [3.8, 4) is 11.6 Å². The number of anilines is 2. The summed E-state index contributed by atoms with van der Waals surface area (Å²) in [6.07, 6.45) is 1.43. The SMILES string of the molecule is COc1cccc(Nc2noc3c2CN(C(=O)CCc2cc(OC)no2)CC3)c1. The summed E-state index contributed by atoms with van der Waals surface area (Å²) in [5, 5.41) is 11.2. The molecule has 0 unspecified atom stereocenters. The van der Waals surface area contributed by atoms with E-state index in [2.05, 4.69) is 15.6 Å². The summed E-state index contributed by atoms with van der Waals surface area (Å²) in [5.74, 6) is 3.24. The van der Waals surface area contributed by atoms with Gasteiger partial charge in [-0.2, -0.15) is 0 Å². The van der Waals surface area contributed by atoms with Gasteiger partial charge in [0.15, 0.2) is 5.82 Å². The first kappa shape index (κ1) is 18.9. The molecule has 2 aromatic heterocycles. The maximum Gasteiger partial charge on any atom is 0.254 e. The van der Waals surface area contributed by atoms with Crippen molar-refractivity contribution < 1.29 is 23.3 Å². The molecule has 0 spiro atoms. The van der Waals surface area contributed by atoms with Crippen molar-refractivity contribution in [1.29, 1.82) is 0 Å². The minimum atomic E-state index is 0.0412. The maximum atomic E-state index is 12.7. The van der Waals surface area contributed by atoms with E-state index in [-0.39, 0.29) is 5.91 Å². The summed E-state index contributed by atoms with van der Waals surface area (Å²) in [6, 6.07) is 9.24. The minimum absolute atomic E-state index is 0.0412. The fourth-order valence-electron chi connectivity index (χ4n) is 3.25. The fourth-order valence-corrected chi connectivity index (χ4v) is 3.25. The van der Waals surface area contributed by atoms with Crippen LogP contribution in [0.4, 0.5) is 11.5 Å². The van der Waals surface area contributed by atoms with Gasteiger partial charge in [0, 0.05) is 43.6 Å². The van der Waals surface area contributed by atoms with E-state index in [9.17, 15) is 4.79 Å². The third-order valence-electron chi connectivity index (χ3n) is 4.84. The number of carbonyl (C=O) groups excluding carboxylic acids is 1. The predicted octanol–water partition coefficient (Wildman–Crippen LogP) is 2.94. The zero-order chi connectivity index (χ0) is 20.2. The second-order valence-electron chi connectivity index (χ2n) is 6.69. The summed E-state index contributed by atoms with van der Waals surface area (Å²) >= 11 is 0. The molecule has 4 rings (SSSR count). The Bertz CT molecular complexity index is 996. The van der Waals surface area contributed by atoms with Crippen LogP contribution in [-0.4, -0.2) is 41.9 Å². The highest BCUT2D eigenvalue weighted by atomic mass is 16.5. The number of fused-ring (bicyclic) bond motifs is 1. The molecular formula is C20H22N4O5. The molecule has 1 aliphatic heterocycles. The number of nitrogens with one attached hydrogen (secondary N) is 1. The van der Waals surface area contributed by atoms with E-state index in [4.69, 9.17) is 18.5 Å². The molecule has 0 atom stereocenters. The van der Waals surface area contributed by atoms with Crippen LogP contribution in [0.2, 0.25) is 0 Å². The van der Waals surface area contributed by atoms with Gasteiger partial charge in [0.2, 0.25) is 5.91 Å². The first-order valence-electron chi connectivity index (χ1n) is 9.32. The normalized spacial score (nSPS) is 13.1. The number of aryl methyl sites for hydroxylation is 1. The highest BCUT2D eigenvalue weighted by molar-refractivity contribution is 5.77. The van der Waals surface area contributed by atoms with Crippen LogP contribution in [0.25, 0.3) is 0 Å². The third kappa shape index (κ3) is 4.18. The lowest BCUT2D eigenvalue weighted by atomic mass is 10.1. The first-order chi connectivity index (χ1) is 14.2. The molecule has 1 aromatic carbocycles. The molecule has 1 amide bonds. The Kier molecular flexibility index (Phi) is 5.37. The summed E-state index contributed by atoms with van der Waals surface area (Å²) < 4.78 is 20.9. The lowest BCUT2D eigenvalue weighted by Crippen LogP contribution is -2.35. The Hall–Kier alpha value is -3.49. The molecule has 0 fully saturated rings. The monoisotopic (exact) mass is 398 g/mol. The zero-order valence-electron chi connectivity index (χ0n) is 16.3. The second-order valence-corrected chi connectivity index (χ2v) is 6.69. The van der Waals surface area contributed by atoms with Gasteiger partial charge in [0.1, 0.15) is 17.3 Å². The minimum Gasteiger partial charge on any atom is -0.497 e. The number of amides is 1. The van der Waals surface area contributed by atoms with Gasteiger partial charge in [-0.05, 0) is 17.3 Å². The van der Waals surface area contributed by atoms with Crippen LogP contribution in [0.3, 0.4) is 0 Å². The number of hydrogen-bond acceptors (Lipinski definition) is 8. The molecule has 1 aliphatic rings. The molecular weight excluding hydrogens is 376 g/mol. The fraction of sp³-hybridized carbons (Fsp3) is 0.350. The number of aromatic nitrogens is 2. The van der Waals surface area contributed by atoms with Gasteiger partial charge in [-0.1, -0.05) is 11.2 Å². The Morgan fingerprint density at radius 1 is 1.21 bits per heavy atom. The van der Waals surface area contributed by atoms with Crippen molar-refractivity contribution in [2.45, 2.75) is 25.8 Å². The molecule has 152 valence electrons. The Morgan fingerprint density at radius 3 is 2.90 bits per heavy atom. The Balaban J connectivity index is 1.40. The number of carbonyl (C=O) groups is 1. The van der Waals surface area contributed by atoms with Gasteiger partial charge < -0.3 is 28.7 Å². The maximum absolute atomic E-state index is 12.7. The van der Waals surface area contributed by atoms with Crippen molar-refractivity contribution in [2.24, 2.45) is 0 Å². The molecule has 0 saturated carbocycles. The van der Waals surface area contributed by atoms with E-state index in [0.29, 0.717) is 49.8 Å². The largest absolute Gasteiger partial charge is 0.497 e. The molecule has 3 heterocycles. The topological polar surface area (TPSA) is 103 Å². The van der Waals surface area contributed by atoms with E-state index < -0.39 is 0 Å². The van der Waals surface area contributed by atoms with Crippen molar-refractivity contribution in [2.75, 3.05) is 26.1 Å². The lowest BCUT2D eigenvalue weighted by Gasteiger charge is -2.26. The molecule has 0 saturated heterocycles. The van der Waals surface area contributed by atoms with E-state index in [1.54, 1.807) is 13.2 Å². The number of hydrogen-bond donors (Lipinski definition) is 1. The summed E-state index contributed by atoms with van der Waals surface area (Å²) in [4.78, 5) is 14.5. The van der Waals surface area contributed by atoms with Crippen LogP contribution in [0, 0.1) is 0 Å². The number of benzene rings is 1. The van der Waals surface area contributed by atoms with Crippen molar-refractivity contribution in [3.63, 3.8) is 0 Å². The van der Waals surface area contributed by atoms with Crippen LogP contribution in [-0.2, 0) is 24.2 Å². The van der Waals surface area contributed by atoms with Gasteiger partial charge in [0.05, 0.1) is 26.3 Å². The quantitative estimate of drug-likeness (QED) is 0.648. The van der Waals surface area contributed by atoms with E-state index in [1.165, 1.54) is 7.11 Å². The van der Waals surface area contributed by atoms with E-state index >= 15 is 0 Å². The lowest BCUT2D eigenvalue weighted by molar-refractivity contribution is -0.132. The van der Waals surface area contributed by atoms with Crippen LogP contribution in [0.5, 0.6) is 11.6 Å². The summed E-state index contributed by atoms with van der Waals surface area (Å²) in [5.41, 5.74) is 1.73. The average molecular weight is 398 g/mol. The zero-order valence-corrected chi connectivity index (χ0v) is 16.3. The average Bonchev–Trinajstić information content (AvgIpc) is 3.39. The van der Waals surface area contributed by atoms with E-state index in [0.717, 1.165) is 22.8 Å². The van der Waals surface area contributed by atoms with Crippen LogP contribution < -0.4 is 14.8 Å². The number of nitrogens with zero attached hydrogens (tertiary/aromatic N) is 3. The van der Waals surface area contributed by atoms with Gasteiger partial charge in [-0.3, -0.25) is 4.79 Å². The molecule has 9 heteroatoms. The first-order valence-corrected chi connectivity index (χ1v) is 9.32. The highest BCUT2D eigenvalue weighted by Crippen LogP contribution is 2.29. The predicted molar refractivity (Wildman–Crippen MR) is 103 cm³/mol. The van der Waals surface area contributed by atoms with Gasteiger partial charge in [-0.25, -0.2) is 0 Å². The van der Waals surface area contributed by atoms with Crippen LogP contribution >= 0.6 is 0 Å². The van der Waals surface area contributed by atoms with Gasteiger partial charge in [0.25, 0.3) is 5.88 Å². The second kappa shape index (κ2) is 8.26. The number of ether oxygens (including phenoxy) is 2. The van der Waals surface area contributed by atoms with Crippen molar-refractivity contribution in [3.05, 3.63) is 47.4 Å². The number of rotatable bonds is 7. The van der Waals surface area contributed by atoms with Crippen molar-refractivity contribution >= 4 is 17.4 Å². The molecule has 0 radical (unpaired) electrons. The van der Waals surface area contributed by atoms with E-state index in [1.807, 2.05) is 29.2 Å². The highest BCUT2D eigenvalue weighted by Gasteiger charge is 2.27. The Labute approximate surface area is 167 Å². The standard InChI is InChI=1S/C20H22N4O5/c1-26-14-5-3-4-13(10-14)21-20-16-12-24(9-8-17(16)29-23-20)19(25)7-6-15-11-18(27-2)22-28-15/h3-5,10-11H,6-9,12H2,1-2H3,(H,21,23).